The number of ether oxygens (including phenoxy) is 1. The average Bonchev–Trinajstić information content (AvgIpc) is 3.18. The van der Waals surface area contributed by atoms with Gasteiger partial charge in [-0.05, 0) is 31.2 Å². The van der Waals surface area contributed by atoms with Crippen molar-refractivity contribution in [3.05, 3.63) is 71.4 Å². The van der Waals surface area contributed by atoms with Gasteiger partial charge >= 0.3 is 0 Å². The summed E-state index contributed by atoms with van der Waals surface area (Å²) in [7, 11) is 0. The van der Waals surface area contributed by atoms with Gasteiger partial charge in [0.05, 0.1) is 17.0 Å². The van der Waals surface area contributed by atoms with Gasteiger partial charge in [0.15, 0.2) is 5.82 Å². The Balaban J connectivity index is 1.50. The molecule has 0 unspecified atom stereocenters. The van der Waals surface area contributed by atoms with Crippen LogP contribution in [0.4, 0.5) is 8.78 Å². The van der Waals surface area contributed by atoms with Crippen LogP contribution < -0.4 is 4.74 Å². The highest BCUT2D eigenvalue weighted by Gasteiger charge is 2.15. The normalized spacial score (nSPS) is 10.8. The van der Waals surface area contributed by atoms with Crippen LogP contribution in [0.3, 0.4) is 0 Å². The minimum absolute atomic E-state index is 0.0661. The summed E-state index contributed by atoms with van der Waals surface area (Å²) < 4.78 is 32.6. The molecule has 11 heteroatoms. The molecular weight excluding hydrogens is 406 g/mol. The average molecular weight is 420 g/mol. The van der Waals surface area contributed by atoms with Crippen molar-refractivity contribution in [3.8, 4) is 29.0 Å². The summed E-state index contributed by atoms with van der Waals surface area (Å²) in [5.41, 5.74) is 2.64. The van der Waals surface area contributed by atoms with Crippen LogP contribution in [0, 0.1) is 18.3 Å². The van der Waals surface area contributed by atoms with Crippen molar-refractivity contribution >= 4 is 0 Å². The standard InChI is InChI=1S/C20H14F2N8O/c1-12-17(30(29-26-12)18-4-2-14(10-25-18)20(21)22)11-31-19-5-3-16(27-28-19)15-6-13(7-23)8-24-9-15/h2-6,8-10,20H,11H2,1H3. The number of hydrogen-bond acceptors (Lipinski definition) is 8. The van der Waals surface area contributed by atoms with Crippen molar-refractivity contribution in [3.63, 3.8) is 0 Å². The third-order valence-electron chi connectivity index (χ3n) is 4.36. The van der Waals surface area contributed by atoms with E-state index in [9.17, 15) is 8.78 Å². The zero-order valence-electron chi connectivity index (χ0n) is 16.1. The van der Waals surface area contributed by atoms with Gasteiger partial charge in [-0.2, -0.15) is 9.94 Å². The minimum atomic E-state index is -2.60. The molecule has 31 heavy (non-hydrogen) atoms. The van der Waals surface area contributed by atoms with Gasteiger partial charge < -0.3 is 4.74 Å². The number of aryl methyl sites for hydroxylation is 1. The summed E-state index contributed by atoms with van der Waals surface area (Å²) in [6, 6.07) is 9.76. The number of alkyl halides is 2. The van der Waals surface area contributed by atoms with E-state index in [1.54, 1.807) is 31.3 Å². The lowest BCUT2D eigenvalue weighted by molar-refractivity contribution is 0.151. The molecule has 0 aromatic carbocycles. The van der Waals surface area contributed by atoms with E-state index in [0.717, 1.165) is 6.20 Å². The second-order valence-corrected chi connectivity index (χ2v) is 6.40. The van der Waals surface area contributed by atoms with Crippen LogP contribution >= 0.6 is 0 Å². The highest BCUT2D eigenvalue weighted by molar-refractivity contribution is 5.59. The Labute approximate surface area is 175 Å². The molecule has 0 aliphatic heterocycles. The molecule has 0 amide bonds. The first-order valence-corrected chi connectivity index (χ1v) is 9.03. The fourth-order valence-corrected chi connectivity index (χ4v) is 2.71. The Kier molecular flexibility index (Phi) is 5.53. The topological polar surface area (TPSA) is 115 Å². The van der Waals surface area contributed by atoms with Crippen molar-refractivity contribution in [1.82, 2.24) is 35.2 Å². The number of halogens is 2. The predicted molar refractivity (Wildman–Crippen MR) is 103 cm³/mol. The van der Waals surface area contributed by atoms with Gasteiger partial charge in [-0.15, -0.1) is 15.3 Å². The Morgan fingerprint density at radius 3 is 2.65 bits per heavy atom. The fraction of sp³-hybridized carbons (Fsp3) is 0.150. The molecule has 0 fully saturated rings. The summed E-state index contributed by atoms with van der Waals surface area (Å²) in [5.74, 6) is 0.608. The number of pyridine rings is 2. The van der Waals surface area contributed by atoms with Crippen molar-refractivity contribution in [2.75, 3.05) is 0 Å². The number of nitrogens with zero attached hydrogens (tertiary/aromatic N) is 8. The van der Waals surface area contributed by atoms with Gasteiger partial charge in [-0.25, -0.2) is 13.8 Å². The summed E-state index contributed by atoms with van der Waals surface area (Å²) >= 11 is 0. The number of aromatic nitrogens is 7. The molecule has 9 nitrogen and oxygen atoms in total. The van der Waals surface area contributed by atoms with Crippen LogP contribution in [0.1, 0.15) is 28.9 Å². The van der Waals surface area contributed by atoms with Crippen molar-refractivity contribution in [1.29, 1.82) is 5.26 Å². The van der Waals surface area contributed by atoms with Crippen LogP contribution in [0.5, 0.6) is 5.88 Å². The van der Waals surface area contributed by atoms with E-state index in [-0.39, 0.29) is 18.1 Å². The molecule has 0 radical (unpaired) electrons. The lowest BCUT2D eigenvalue weighted by atomic mass is 10.1. The maximum atomic E-state index is 12.7. The van der Waals surface area contributed by atoms with E-state index in [0.29, 0.717) is 34.0 Å². The van der Waals surface area contributed by atoms with E-state index >= 15 is 0 Å². The zero-order valence-corrected chi connectivity index (χ0v) is 16.1. The molecular formula is C20H14F2N8O. The van der Waals surface area contributed by atoms with Crippen LogP contribution in [0.25, 0.3) is 17.1 Å². The summed E-state index contributed by atoms with van der Waals surface area (Å²) in [4.78, 5) is 8.03. The second kappa shape index (κ2) is 8.58. The van der Waals surface area contributed by atoms with Gasteiger partial charge in [-0.3, -0.25) is 4.98 Å². The van der Waals surface area contributed by atoms with E-state index in [1.807, 2.05) is 6.07 Å². The number of nitriles is 1. The van der Waals surface area contributed by atoms with E-state index < -0.39 is 6.43 Å². The Bertz CT molecular complexity index is 1230. The number of rotatable bonds is 6. The molecule has 4 aromatic rings. The first-order valence-electron chi connectivity index (χ1n) is 9.03. The quantitative estimate of drug-likeness (QED) is 0.467. The van der Waals surface area contributed by atoms with Gasteiger partial charge in [0.2, 0.25) is 5.88 Å². The molecule has 0 N–H and O–H groups in total. The second-order valence-electron chi connectivity index (χ2n) is 6.40. The maximum Gasteiger partial charge on any atom is 0.265 e. The molecule has 0 aliphatic rings. The molecule has 4 rings (SSSR count). The lowest BCUT2D eigenvalue weighted by Crippen LogP contribution is -2.09. The first kappa shape index (κ1) is 20.0. The van der Waals surface area contributed by atoms with Gasteiger partial charge in [0.1, 0.15) is 18.4 Å². The highest BCUT2D eigenvalue weighted by atomic mass is 19.3. The molecule has 154 valence electrons. The Morgan fingerprint density at radius 1 is 1.10 bits per heavy atom. The smallest absolute Gasteiger partial charge is 0.265 e. The maximum absolute atomic E-state index is 12.7. The molecule has 4 aromatic heterocycles. The number of hydrogen-bond donors (Lipinski definition) is 0. The monoisotopic (exact) mass is 420 g/mol. The van der Waals surface area contributed by atoms with Gasteiger partial charge in [0.25, 0.3) is 6.43 Å². The minimum Gasteiger partial charge on any atom is -0.470 e. The summed E-state index contributed by atoms with van der Waals surface area (Å²) in [5, 5.41) is 25.1. The third kappa shape index (κ3) is 4.32. The lowest BCUT2D eigenvalue weighted by Gasteiger charge is -2.09. The molecule has 0 atom stereocenters. The molecule has 0 bridgehead atoms. The van der Waals surface area contributed by atoms with Crippen LogP contribution in [-0.4, -0.2) is 35.2 Å². The van der Waals surface area contributed by atoms with E-state index in [4.69, 9.17) is 10.00 Å². The van der Waals surface area contributed by atoms with Crippen molar-refractivity contribution in [2.24, 2.45) is 0 Å². The van der Waals surface area contributed by atoms with Crippen molar-refractivity contribution in [2.45, 2.75) is 20.0 Å². The highest BCUT2D eigenvalue weighted by Crippen LogP contribution is 2.21. The molecule has 0 saturated heterocycles. The van der Waals surface area contributed by atoms with Crippen LogP contribution in [-0.2, 0) is 6.61 Å². The summed E-state index contributed by atoms with van der Waals surface area (Å²) in [6.07, 6.45) is 1.55. The van der Waals surface area contributed by atoms with E-state index in [1.165, 1.54) is 23.0 Å². The largest absolute Gasteiger partial charge is 0.470 e. The van der Waals surface area contributed by atoms with Gasteiger partial charge in [-0.1, -0.05) is 5.21 Å². The van der Waals surface area contributed by atoms with Gasteiger partial charge in [0, 0.05) is 35.8 Å². The molecule has 0 aliphatic carbocycles. The van der Waals surface area contributed by atoms with Crippen LogP contribution in [0.15, 0.2) is 48.9 Å². The predicted octanol–water partition coefficient (Wildman–Crippen LogP) is 3.21. The first-order chi connectivity index (χ1) is 15.0. The SMILES string of the molecule is Cc1nnn(-c2ccc(C(F)F)cn2)c1COc1ccc(-c2cncc(C#N)c2)nn1. The third-order valence-corrected chi connectivity index (χ3v) is 4.36. The summed E-state index contributed by atoms with van der Waals surface area (Å²) in [6.45, 7) is 1.82. The molecule has 0 saturated carbocycles. The van der Waals surface area contributed by atoms with E-state index in [2.05, 4.69) is 30.5 Å². The Morgan fingerprint density at radius 2 is 1.97 bits per heavy atom. The van der Waals surface area contributed by atoms with Crippen LogP contribution in [0.2, 0.25) is 0 Å². The molecule has 4 heterocycles. The zero-order chi connectivity index (χ0) is 21.8. The molecule has 0 spiro atoms. The fourth-order valence-electron chi connectivity index (χ4n) is 2.71. The van der Waals surface area contributed by atoms with Crippen molar-refractivity contribution < 1.29 is 13.5 Å². The Hall–Kier alpha value is -4.33.